The molecule has 0 N–H and O–H groups in total. The van der Waals surface area contributed by atoms with Crippen LogP contribution in [0.4, 0.5) is 0 Å². The van der Waals surface area contributed by atoms with Crippen LogP contribution in [0, 0.1) is 6.92 Å². The number of benzene rings is 1. The second-order valence-corrected chi connectivity index (χ2v) is 4.58. The second-order valence-electron chi connectivity index (χ2n) is 4.58. The van der Waals surface area contributed by atoms with Crippen molar-refractivity contribution in [3.05, 3.63) is 72.4 Å². The van der Waals surface area contributed by atoms with Gasteiger partial charge < -0.3 is 0 Å². The van der Waals surface area contributed by atoms with Crippen LogP contribution in [-0.2, 0) is 0 Å². The monoisotopic (exact) mass is 261 g/mol. The van der Waals surface area contributed by atoms with Crippen molar-refractivity contribution in [3.63, 3.8) is 0 Å². The first-order valence-corrected chi connectivity index (χ1v) is 6.65. The van der Waals surface area contributed by atoms with Crippen molar-refractivity contribution < 1.29 is 0 Å². The van der Waals surface area contributed by atoms with E-state index in [1.807, 2.05) is 49.4 Å². The van der Waals surface area contributed by atoms with Crippen molar-refractivity contribution in [1.82, 2.24) is 15.0 Å². The molecular formula is C17H15N3. The molecule has 0 saturated heterocycles. The quantitative estimate of drug-likeness (QED) is 0.826. The van der Waals surface area contributed by atoms with Crippen molar-refractivity contribution in [2.24, 2.45) is 0 Å². The Bertz CT molecular complexity index is 697. The zero-order valence-electron chi connectivity index (χ0n) is 11.3. The number of hydrogen-bond donors (Lipinski definition) is 0. The first-order chi connectivity index (χ1) is 9.83. The van der Waals surface area contributed by atoms with E-state index in [4.69, 9.17) is 0 Å². The van der Waals surface area contributed by atoms with Gasteiger partial charge in [0.15, 0.2) is 11.6 Å². The summed E-state index contributed by atoms with van der Waals surface area (Å²) in [5.74, 6) is 2.17. The average Bonchev–Trinajstić information content (AvgIpc) is 2.77. The molecular weight excluding hydrogens is 246 g/mol. The molecule has 3 nitrogen and oxygen atoms in total. The Kier molecular flexibility index (Phi) is 3.50. The molecule has 1 heterocycles. The van der Waals surface area contributed by atoms with Gasteiger partial charge in [-0.2, -0.15) is 0 Å². The Labute approximate surface area is 118 Å². The molecule has 98 valence electrons. The zero-order chi connectivity index (χ0) is 13.8. The highest BCUT2D eigenvalue weighted by Crippen LogP contribution is 2.19. The Morgan fingerprint density at radius 1 is 0.900 bits per heavy atom. The SMILES string of the molecule is Cc1nc(C2=CC=CCC=C2)nc(-c2ccccc2)n1. The molecule has 0 radical (unpaired) electrons. The number of nitrogens with zero attached hydrogens (tertiary/aromatic N) is 3. The topological polar surface area (TPSA) is 38.7 Å². The highest BCUT2D eigenvalue weighted by Gasteiger charge is 2.08. The molecule has 0 unspecified atom stereocenters. The number of allylic oxidation sites excluding steroid dienone is 6. The lowest BCUT2D eigenvalue weighted by molar-refractivity contribution is 0.962. The van der Waals surface area contributed by atoms with Crippen LogP contribution in [0.3, 0.4) is 0 Å². The molecule has 1 aromatic carbocycles. The molecule has 3 rings (SSSR count). The van der Waals surface area contributed by atoms with Crippen LogP contribution >= 0.6 is 0 Å². The Morgan fingerprint density at radius 2 is 1.70 bits per heavy atom. The maximum atomic E-state index is 4.59. The Hall–Kier alpha value is -2.55. The summed E-state index contributed by atoms with van der Waals surface area (Å²) >= 11 is 0. The third-order valence-corrected chi connectivity index (χ3v) is 3.02. The summed E-state index contributed by atoms with van der Waals surface area (Å²) in [5, 5.41) is 0. The van der Waals surface area contributed by atoms with Gasteiger partial charge in [-0.3, -0.25) is 0 Å². The molecule has 0 bridgehead atoms. The smallest absolute Gasteiger partial charge is 0.163 e. The minimum atomic E-state index is 0.718. The molecule has 3 heteroatoms. The van der Waals surface area contributed by atoms with Gasteiger partial charge >= 0.3 is 0 Å². The van der Waals surface area contributed by atoms with E-state index in [9.17, 15) is 0 Å². The van der Waals surface area contributed by atoms with E-state index >= 15 is 0 Å². The summed E-state index contributed by atoms with van der Waals surface area (Å²) < 4.78 is 0. The summed E-state index contributed by atoms with van der Waals surface area (Å²) in [7, 11) is 0. The Balaban J connectivity index is 2.07. The number of rotatable bonds is 2. The van der Waals surface area contributed by atoms with E-state index in [0.717, 1.165) is 35.0 Å². The molecule has 1 aliphatic carbocycles. The fourth-order valence-electron chi connectivity index (χ4n) is 2.06. The lowest BCUT2D eigenvalue weighted by Gasteiger charge is -2.05. The Morgan fingerprint density at radius 3 is 2.55 bits per heavy atom. The summed E-state index contributed by atoms with van der Waals surface area (Å²) in [5.41, 5.74) is 2.02. The second kappa shape index (κ2) is 5.61. The molecule has 0 atom stereocenters. The number of aromatic nitrogens is 3. The summed E-state index contributed by atoms with van der Waals surface area (Å²) in [6.07, 6.45) is 11.3. The van der Waals surface area contributed by atoms with Gasteiger partial charge in [0, 0.05) is 11.1 Å². The minimum Gasteiger partial charge on any atom is -0.213 e. The third-order valence-electron chi connectivity index (χ3n) is 3.02. The average molecular weight is 261 g/mol. The number of aryl methyl sites for hydroxylation is 1. The number of hydrogen-bond acceptors (Lipinski definition) is 3. The maximum Gasteiger partial charge on any atom is 0.163 e. The summed E-state index contributed by atoms with van der Waals surface area (Å²) in [6, 6.07) is 9.98. The van der Waals surface area contributed by atoms with E-state index in [2.05, 4.69) is 33.2 Å². The predicted octanol–water partition coefficient (Wildman–Crippen LogP) is 3.75. The van der Waals surface area contributed by atoms with Crippen LogP contribution in [0.2, 0.25) is 0 Å². The van der Waals surface area contributed by atoms with Crippen LogP contribution in [0.1, 0.15) is 18.1 Å². The highest BCUT2D eigenvalue weighted by atomic mass is 15.0. The normalized spacial score (nSPS) is 13.9. The van der Waals surface area contributed by atoms with E-state index < -0.39 is 0 Å². The lowest BCUT2D eigenvalue weighted by atomic mass is 10.2. The van der Waals surface area contributed by atoms with Crippen molar-refractivity contribution in [2.45, 2.75) is 13.3 Å². The molecule has 2 aromatic rings. The molecule has 0 spiro atoms. The molecule has 0 amide bonds. The van der Waals surface area contributed by atoms with E-state index in [-0.39, 0.29) is 0 Å². The van der Waals surface area contributed by atoms with Crippen LogP contribution in [-0.4, -0.2) is 15.0 Å². The van der Waals surface area contributed by atoms with Gasteiger partial charge in [-0.15, -0.1) is 0 Å². The van der Waals surface area contributed by atoms with Gasteiger partial charge in [0.2, 0.25) is 0 Å². The van der Waals surface area contributed by atoms with Gasteiger partial charge in [-0.1, -0.05) is 60.7 Å². The largest absolute Gasteiger partial charge is 0.213 e. The molecule has 0 saturated carbocycles. The van der Waals surface area contributed by atoms with Crippen LogP contribution in [0.15, 0.2) is 60.7 Å². The third kappa shape index (κ3) is 2.72. The fourth-order valence-corrected chi connectivity index (χ4v) is 2.06. The van der Waals surface area contributed by atoms with Gasteiger partial charge in [0.05, 0.1) is 0 Å². The van der Waals surface area contributed by atoms with E-state index in [1.165, 1.54) is 0 Å². The van der Waals surface area contributed by atoms with E-state index in [1.54, 1.807) is 0 Å². The minimum absolute atomic E-state index is 0.718. The summed E-state index contributed by atoms with van der Waals surface area (Å²) in [4.78, 5) is 13.5. The van der Waals surface area contributed by atoms with Gasteiger partial charge in [-0.25, -0.2) is 15.0 Å². The summed E-state index contributed by atoms with van der Waals surface area (Å²) in [6.45, 7) is 1.90. The molecule has 1 aromatic heterocycles. The van der Waals surface area contributed by atoms with Gasteiger partial charge in [0.1, 0.15) is 5.82 Å². The highest BCUT2D eigenvalue weighted by molar-refractivity contribution is 5.72. The zero-order valence-corrected chi connectivity index (χ0v) is 11.3. The molecule has 0 fully saturated rings. The van der Waals surface area contributed by atoms with Crippen LogP contribution in [0.5, 0.6) is 0 Å². The molecule has 1 aliphatic rings. The van der Waals surface area contributed by atoms with Crippen molar-refractivity contribution in [2.75, 3.05) is 0 Å². The van der Waals surface area contributed by atoms with Crippen molar-refractivity contribution >= 4 is 5.57 Å². The molecule has 20 heavy (non-hydrogen) atoms. The van der Waals surface area contributed by atoms with Crippen molar-refractivity contribution in [1.29, 1.82) is 0 Å². The van der Waals surface area contributed by atoms with Crippen molar-refractivity contribution in [3.8, 4) is 11.4 Å². The lowest BCUT2D eigenvalue weighted by Crippen LogP contribution is -2.01. The standard InChI is InChI=1S/C17H15N3/c1-13-18-16(14-9-5-2-3-6-10-14)20-17(19-13)15-11-7-4-8-12-15/h2,4-12H,3H2,1H3. The fraction of sp³-hybridized carbons (Fsp3) is 0.118. The first kappa shape index (κ1) is 12.5. The first-order valence-electron chi connectivity index (χ1n) is 6.65. The van der Waals surface area contributed by atoms with Crippen LogP contribution in [0.25, 0.3) is 17.0 Å². The van der Waals surface area contributed by atoms with Gasteiger partial charge in [-0.05, 0) is 13.3 Å². The maximum absolute atomic E-state index is 4.59. The predicted molar refractivity (Wildman–Crippen MR) is 80.9 cm³/mol. The van der Waals surface area contributed by atoms with Crippen LogP contribution < -0.4 is 0 Å². The van der Waals surface area contributed by atoms with Gasteiger partial charge in [0.25, 0.3) is 0 Å². The van der Waals surface area contributed by atoms with E-state index in [0.29, 0.717) is 0 Å². The molecule has 0 aliphatic heterocycles.